The first-order valence-electron chi connectivity index (χ1n) is 7.54. The minimum Gasteiger partial charge on any atom is -0.302 e. The Hall–Kier alpha value is -2.74. The Labute approximate surface area is 141 Å². The number of aromatic amines is 1. The zero-order chi connectivity index (χ0) is 17.1. The van der Waals surface area contributed by atoms with Crippen molar-refractivity contribution in [3.63, 3.8) is 0 Å². The highest BCUT2D eigenvalue weighted by Crippen LogP contribution is 2.27. The molecule has 0 aliphatic heterocycles. The van der Waals surface area contributed by atoms with Crippen molar-refractivity contribution < 1.29 is 4.79 Å². The molecular weight excluding hydrogens is 328 g/mol. The van der Waals surface area contributed by atoms with E-state index in [0.717, 1.165) is 16.6 Å². The van der Waals surface area contributed by atoms with Gasteiger partial charge in [-0.15, -0.1) is 0 Å². The van der Waals surface area contributed by atoms with Crippen LogP contribution in [0.4, 0.5) is 5.13 Å². The van der Waals surface area contributed by atoms with Crippen LogP contribution >= 0.6 is 11.3 Å². The molecule has 8 heteroatoms. The molecule has 2 aromatic heterocycles. The zero-order valence-electron chi connectivity index (χ0n) is 13.0. The maximum Gasteiger partial charge on any atom is 0.328 e. The second kappa shape index (κ2) is 6.79. The molecule has 1 aromatic carbocycles. The number of H-pyrrole nitrogens is 1. The third kappa shape index (κ3) is 3.60. The largest absolute Gasteiger partial charge is 0.328 e. The van der Waals surface area contributed by atoms with Crippen LogP contribution in [0.25, 0.3) is 10.2 Å². The lowest BCUT2D eigenvalue weighted by Gasteiger charge is -2.04. The van der Waals surface area contributed by atoms with E-state index in [1.165, 1.54) is 33.7 Å². The molecule has 2 N–H and O–H groups in total. The van der Waals surface area contributed by atoms with Gasteiger partial charge in [-0.05, 0) is 24.1 Å². The number of carbonyl (C=O) groups excluding carboxylic acids is 1. The van der Waals surface area contributed by atoms with Gasteiger partial charge in [0.2, 0.25) is 5.91 Å². The van der Waals surface area contributed by atoms with Crippen LogP contribution in [0, 0.1) is 0 Å². The van der Waals surface area contributed by atoms with Gasteiger partial charge in [-0.1, -0.05) is 24.3 Å². The lowest BCUT2D eigenvalue weighted by atomic mass is 10.2. The number of amides is 1. The van der Waals surface area contributed by atoms with Gasteiger partial charge in [-0.2, -0.15) is 0 Å². The number of aryl methyl sites for hydroxylation is 2. The number of rotatable bonds is 5. The molecule has 0 spiro atoms. The number of hydrogen-bond donors (Lipinski definition) is 2. The molecule has 0 bridgehead atoms. The van der Waals surface area contributed by atoms with Crippen LogP contribution in [-0.2, 0) is 17.8 Å². The van der Waals surface area contributed by atoms with Gasteiger partial charge in [0.1, 0.15) is 0 Å². The molecule has 3 rings (SSSR count). The summed E-state index contributed by atoms with van der Waals surface area (Å²) in [6, 6.07) is 7.29. The Morgan fingerprint density at radius 1 is 1.33 bits per heavy atom. The minimum atomic E-state index is -0.526. The van der Waals surface area contributed by atoms with Gasteiger partial charge in [-0.3, -0.25) is 14.6 Å². The van der Waals surface area contributed by atoms with Gasteiger partial charge in [0.25, 0.3) is 5.56 Å². The molecule has 0 saturated heterocycles. The SMILES string of the molecule is CCc1ccc2nc(NC(=O)CCn3ccc(=O)[nH]c3=O)sc2c1. The van der Waals surface area contributed by atoms with Crippen LogP contribution in [-0.4, -0.2) is 20.4 Å². The summed E-state index contributed by atoms with van der Waals surface area (Å²) < 4.78 is 2.31. The standard InChI is InChI=1S/C16H16N4O3S/c1-2-10-3-4-11-12(9-10)24-15(17-11)18-13(21)5-7-20-8-6-14(22)19-16(20)23/h3-4,6,8-9H,2,5,7H2,1H3,(H,17,18,21)(H,19,22,23). The maximum atomic E-state index is 12.0. The van der Waals surface area contributed by atoms with E-state index in [-0.39, 0.29) is 18.9 Å². The van der Waals surface area contributed by atoms with E-state index < -0.39 is 11.2 Å². The van der Waals surface area contributed by atoms with Crippen molar-refractivity contribution in [2.75, 3.05) is 5.32 Å². The average molecular weight is 344 g/mol. The molecule has 0 aliphatic carbocycles. The third-order valence-electron chi connectivity index (χ3n) is 3.58. The van der Waals surface area contributed by atoms with Crippen molar-refractivity contribution in [3.8, 4) is 0 Å². The number of fused-ring (bicyclic) bond motifs is 1. The van der Waals surface area contributed by atoms with Crippen LogP contribution in [0.3, 0.4) is 0 Å². The summed E-state index contributed by atoms with van der Waals surface area (Å²) >= 11 is 1.42. The highest BCUT2D eigenvalue weighted by molar-refractivity contribution is 7.22. The monoisotopic (exact) mass is 344 g/mol. The smallest absolute Gasteiger partial charge is 0.302 e. The quantitative estimate of drug-likeness (QED) is 0.737. The van der Waals surface area contributed by atoms with E-state index in [2.05, 4.69) is 28.3 Å². The average Bonchev–Trinajstić information content (AvgIpc) is 2.95. The summed E-state index contributed by atoms with van der Waals surface area (Å²) in [6.07, 6.45) is 2.43. The molecule has 7 nitrogen and oxygen atoms in total. The second-order valence-corrected chi connectivity index (χ2v) is 6.31. The molecule has 2 heterocycles. The fraction of sp³-hybridized carbons (Fsp3) is 0.250. The van der Waals surface area contributed by atoms with Crippen molar-refractivity contribution in [3.05, 3.63) is 56.9 Å². The first-order chi connectivity index (χ1) is 11.5. The molecule has 1 amide bonds. The normalized spacial score (nSPS) is 10.9. The molecule has 0 atom stereocenters. The van der Waals surface area contributed by atoms with Crippen LogP contribution in [0.1, 0.15) is 18.9 Å². The van der Waals surface area contributed by atoms with Gasteiger partial charge >= 0.3 is 5.69 Å². The van der Waals surface area contributed by atoms with E-state index in [9.17, 15) is 14.4 Å². The topological polar surface area (TPSA) is 96.8 Å². The summed E-state index contributed by atoms with van der Waals surface area (Å²) in [7, 11) is 0. The van der Waals surface area contributed by atoms with E-state index in [1.54, 1.807) is 0 Å². The van der Waals surface area contributed by atoms with Crippen LogP contribution < -0.4 is 16.6 Å². The number of nitrogens with zero attached hydrogens (tertiary/aromatic N) is 2. The molecule has 3 aromatic rings. The maximum absolute atomic E-state index is 12.0. The third-order valence-corrected chi connectivity index (χ3v) is 4.52. The second-order valence-electron chi connectivity index (χ2n) is 5.28. The van der Waals surface area contributed by atoms with Crippen LogP contribution in [0.15, 0.2) is 40.1 Å². The predicted molar refractivity (Wildman–Crippen MR) is 93.6 cm³/mol. The minimum absolute atomic E-state index is 0.113. The van der Waals surface area contributed by atoms with Crippen molar-refractivity contribution in [2.24, 2.45) is 0 Å². The highest BCUT2D eigenvalue weighted by atomic mass is 32.1. The summed E-state index contributed by atoms with van der Waals surface area (Å²) in [5.74, 6) is -0.233. The lowest BCUT2D eigenvalue weighted by molar-refractivity contribution is -0.116. The number of benzene rings is 1. The van der Waals surface area contributed by atoms with Crippen molar-refractivity contribution in [1.29, 1.82) is 0 Å². The predicted octanol–water partition coefficient (Wildman–Crippen LogP) is 1.74. The Balaban J connectivity index is 1.66. The number of carbonyl (C=O) groups is 1. The van der Waals surface area contributed by atoms with E-state index in [0.29, 0.717) is 5.13 Å². The van der Waals surface area contributed by atoms with Gasteiger partial charge in [0.05, 0.1) is 10.2 Å². The molecule has 0 saturated carbocycles. The first-order valence-corrected chi connectivity index (χ1v) is 8.36. The van der Waals surface area contributed by atoms with E-state index in [4.69, 9.17) is 0 Å². The molecule has 0 aliphatic rings. The molecule has 0 unspecified atom stereocenters. The van der Waals surface area contributed by atoms with Crippen molar-refractivity contribution in [2.45, 2.75) is 26.3 Å². The van der Waals surface area contributed by atoms with Crippen LogP contribution in [0.2, 0.25) is 0 Å². The van der Waals surface area contributed by atoms with Gasteiger partial charge in [0.15, 0.2) is 5.13 Å². The van der Waals surface area contributed by atoms with Crippen molar-refractivity contribution >= 4 is 32.6 Å². The number of hydrogen-bond acceptors (Lipinski definition) is 5. The van der Waals surface area contributed by atoms with E-state index >= 15 is 0 Å². The van der Waals surface area contributed by atoms with Gasteiger partial charge in [0, 0.05) is 25.2 Å². The zero-order valence-corrected chi connectivity index (χ0v) is 13.9. The van der Waals surface area contributed by atoms with Crippen molar-refractivity contribution in [1.82, 2.24) is 14.5 Å². The number of aromatic nitrogens is 3. The highest BCUT2D eigenvalue weighted by Gasteiger charge is 2.09. The molecule has 124 valence electrons. The summed E-state index contributed by atoms with van der Waals surface area (Å²) in [4.78, 5) is 41.1. The Kier molecular flexibility index (Phi) is 4.57. The van der Waals surface area contributed by atoms with Gasteiger partial charge in [-0.25, -0.2) is 9.78 Å². The number of thiazole rings is 1. The lowest BCUT2D eigenvalue weighted by Crippen LogP contribution is -2.29. The van der Waals surface area contributed by atoms with E-state index in [1.807, 2.05) is 12.1 Å². The Bertz CT molecular complexity index is 1000. The molecule has 0 fully saturated rings. The Morgan fingerprint density at radius 3 is 2.92 bits per heavy atom. The molecule has 0 radical (unpaired) electrons. The summed E-state index contributed by atoms with van der Waals surface area (Å²) in [5, 5.41) is 3.29. The fourth-order valence-corrected chi connectivity index (χ4v) is 3.21. The molecular formula is C16H16N4O3S. The molecule has 24 heavy (non-hydrogen) atoms. The Morgan fingerprint density at radius 2 is 2.17 bits per heavy atom. The fourth-order valence-electron chi connectivity index (χ4n) is 2.27. The first kappa shape index (κ1) is 16.1. The summed E-state index contributed by atoms with van der Waals surface area (Å²) in [6.45, 7) is 2.27. The summed E-state index contributed by atoms with van der Waals surface area (Å²) in [5.41, 5.74) is 1.09. The van der Waals surface area contributed by atoms with Crippen LogP contribution in [0.5, 0.6) is 0 Å². The number of nitrogens with one attached hydrogen (secondary N) is 2. The van der Waals surface area contributed by atoms with Gasteiger partial charge < -0.3 is 9.88 Å². The number of anilines is 1.